The summed E-state index contributed by atoms with van der Waals surface area (Å²) in [5, 5.41) is 43.3. The highest BCUT2D eigenvalue weighted by atomic mass is 16.5. The van der Waals surface area contributed by atoms with Crippen LogP contribution in [-0.2, 0) is 21.2 Å². The molecule has 0 radical (unpaired) electrons. The molecule has 0 saturated carbocycles. The van der Waals surface area contributed by atoms with E-state index in [2.05, 4.69) is 31.0 Å². The van der Waals surface area contributed by atoms with Crippen molar-refractivity contribution >= 4 is 11.4 Å². The summed E-state index contributed by atoms with van der Waals surface area (Å²) in [7, 11) is 0. The number of nitrogens with zero attached hydrogens (tertiary/aromatic N) is 4. The van der Waals surface area contributed by atoms with E-state index >= 15 is 0 Å². The van der Waals surface area contributed by atoms with Gasteiger partial charge in [0, 0.05) is 26.3 Å². The highest BCUT2D eigenvalue weighted by Gasteiger charge is 2.44. The van der Waals surface area contributed by atoms with Crippen LogP contribution in [0.4, 0.5) is 11.4 Å². The fourth-order valence-corrected chi connectivity index (χ4v) is 3.81. The number of H-pyrrole nitrogens is 2. The molecule has 206 valence electrons. The number of ether oxygens (including phenoxy) is 2. The van der Waals surface area contributed by atoms with E-state index < -0.39 is 11.7 Å². The maximum absolute atomic E-state index is 11.8. The van der Waals surface area contributed by atoms with Crippen molar-refractivity contribution < 1.29 is 24.3 Å². The predicted molar refractivity (Wildman–Crippen MR) is 137 cm³/mol. The normalized spacial score (nSPS) is 15.4. The summed E-state index contributed by atoms with van der Waals surface area (Å²) in [6.07, 6.45) is 9.07. The van der Waals surface area contributed by atoms with Gasteiger partial charge >= 0.3 is 11.7 Å². The molecule has 0 aromatic carbocycles. The zero-order chi connectivity index (χ0) is 27.1. The van der Waals surface area contributed by atoms with Gasteiger partial charge in [-0.05, 0) is 40.5 Å². The molecule has 3 heterocycles. The zero-order valence-electron chi connectivity index (χ0n) is 21.9. The zero-order valence-corrected chi connectivity index (χ0v) is 21.9. The van der Waals surface area contributed by atoms with Crippen LogP contribution < -0.4 is 26.7 Å². The lowest BCUT2D eigenvalue weighted by molar-refractivity contribution is -0.802. The molecule has 0 aliphatic carbocycles. The van der Waals surface area contributed by atoms with Crippen LogP contribution in [0.3, 0.4) is 0 Å². The number of nitrogen functional groups attached to an aromatic ring is 2. The Bertz CT molecular complexity index is 1010. The maximum atomic E-state index is 11.8. The molecule has 0 fully saturated rings. The number of aromatic nitrogens is 6. The van der Waals surface area contributed by atoms with E-state index in [4.69, 9.17) is 20.9 Å². The fraction of sp³-hybridized carbons (Fsp3) is 0.609. The lowest BCUT2D eigenvalue weighted by Crippen LogP contribution is -2.65. The number of rotatable bonds is 16. The van der Waals surface area contributed by atoms with E-state index in [1.807, 2.05) is 27.7 Å². The molecule has 0 aliphatic rings. The molecule has 0 aliphatic heterocycles. The quantitative estimate of drug-likeness (QED) is 0.0690. The SMILES string of the molecule is CC(C)OCCCN[C@@](O)(c1[nH]ncc1N)[n+]1ccn([C@](O)(NCCCOC(C)C)c2[nH]ncc2N)c1. The van der Waals surface area contributed by atoms with Crippen molar-refractivity contribution in [3.63, 3.8) is 0 Å². The largest absolute Gasteiger partial charge is 0.396 e. The fourth-order valence-electron chi connectivity index (χ4n) is 3.81. The van der Waals surface area contributed by atoms with Crippen LogP contribution in [0.15, 0.2) is 31.1 Å². The first-order valence-electron chi connectivity index (χ1n) is 12.4. The third kappa shape index (κ3) is 6.85. The van der Waals surface area contributed by atoms with Crippen molar-refractivity contribution in [2.24, 2.45) is 0 Å². The molecular formula is C23H41N10O4+. The lowest BCUT2D eigenvalue weighted by Gasteiger charge is -2.27. The van der Waals surface area contributed by atoms with Crippen LogP contribution in [-0.4, -0.2) is 73.7 Å². The van der Waals surface area contributed by atoms with E-state index in [9.17, 15) is 10.2 Å². The molecule has 3 aromatic heterocycles. The first-order valence-corrected chi connectivity index (χ1v) is 12.4. The van der Waals surface area contributed by atoms with Crippen LogP contribution in [0.5, 0.6) is 0 Å². The maximum Gasteiger partial charge on any atom is 0.316 e. The van der Waals surface area contributed by atoms with Gasteiger partial charge in [0.05, 0.1) is 36.0 Å². The minimum Gasteiger partial charge on any atom is -0.396 e. The standard InChI is InChI=1S/C23H41N10O4/c1-16(2)36-11-5-7-26-22(34,20-18(24)13-28-30-20)32-9-10-33(15-32)23(35,21-19(25)14-29-31-21)27-8-6-12-37-17(3)4/h9-10,13-17,26-27,34-35H,5-8,11-12,24-25H2,1-4H3,(H,28,30)(H,29,31)/q+1/t22-,23+. The number of imidazole rings is 1. The third-order valence-electron chi connectivity index (χ3n) is 5.71. The van der Waals surface area contributed by atoms with Gasteiger partial charge in [-0.2, -0.15) is 19.3 Å². The molecule has 0 spiro atoms. The second kappa shape index (κ2) is 12.5. The Morgan fingerprint density at radius 3 is 2.00 bits per heavy atom. The first-order chi connectivity index (χ1) is 17.6. The average molecular weight is 522 g/mol. The molecule has 0 amide bonds. The summed E-state index contributed by atoms with van der Waals surface area (Å²) in [5.41, 5.74) is 13.2. The number of nitrogens with one attached hydrogen (secondary N) is 4. The van der Waals surface area contributed by atoms with Crippen molar-refractivity contribution in [3.8, 4) is 0 Å². The monoisotopic (exact) mass is 521 g/mol. The summed E-state index contributed by atoms with van der Waals surface area (Å²) in [6, 6.07) is 0. The molecule has 37 heavy (non-hydrogen) atoms. The van der Waals surface area contributed by atoms with Gasteiger partial charge in [-0.25, -0.2) is 10.6 Å². The average Bonchev–Trinajstić information content (AvgIpc) is 3.59. The number of nitrogens with two attached hydrogens (primary N) is 2. The number of aliphatic hydroxyl groups is 2. The minimum absolute atomic E-state index is 0.113. The molecule has 0 unspecified atom stereocenters. The number of aromatic amines is 2. The summed E-state index contributed by atoms with van der Waals surface area (Å²) in [4.78, 5) is 0. The third-order valence-corrected chi connectivity index (χ3v) is 5.71. The van der Waals surface area contributed by atoms with Gasteiger partial charge in [-0.3, -0.25) is 10.2 Å². The molecule has 10 N–H and O–H groups in total. The Balaban J connectivity index is 1.87. The van der Waals surface area contributed by atoms with Gasteiger partial charge in [0.15, 0.2) is 11.4 Å². The van der Waals surface area contributed by atoms with Crippen LogP contribution in [0.25, 0.3) is 0 Å². The topological polar surface area (TPSA) is 201 Å². The van der Waals surface area contributed by atoms with Gasteiger partial charge in [0.2, 0.25) is 0 Å². The Morgan fingerprint density at radius 1 is 0.946 bits per heavy atom. The smallest absolute Gasteiger partial charge is 0.316 e. The van der Waals surface area contributed by atoms with E-state index in [1.54, 1.807) is 12.4 Å². The van der Waals surface area contributed by atoms with Crippen LogP contribution in [0.1, 0.15) is 51.9 Å². The second-order valence-electron chi connectivity index (χ2n) is 9.37. The van der Waals surface area contributed by atoms with Crippen molar-refractivity contribution in [1.29, 1.82) is 0 Å². The van der Waals surface area contributed by atoms with Gasteiger partial charge in [-0.15, -0.1) is 0 Å². The summed E-state index contributed by atoms with van der Waals surface area (Å²) >= 11 is 0. The van der Waals surface area contributed by atoms with Crippen LogP contribution >= 0.6 is 0 Å². The molecule has 14 heteroatoms. The molecule has 2 atom stereocenters. The molecule has 14 nitrogen and oxygen atoms in total. The summed E-state index contributed by atoms with van der Waals surface area (Å²) in [5.74, 6) is -3.59. The van der Waals surface area contributed by atoms with E-state index in [0.717, 1.165) is 0 Å². The van der Waals surface area contributed by atoms with Crippen LogP contribution in [0.2, 0.25) is 0 Å². The number of hydrogen-bond donors (Lipinski definition) is 8. The van der Waals surface area contributed by atoms with Crippen LogP contribution in [0, 0.1) is 0 Å². The van der Waals surface area contributed by atoms with Gasteiger partial charge < -0.3 is 31.2 Å². The molecule has 3 aromatic rings. The number of anilines is 2. The lowest BCUT2D eigenvalue weighted by atomic mass is 10.2. The van der Waals surface area contributed by atoms with Crippen molar-refractivity contribution in [2.45, 2.75) is 64.4 Å². The summed E-state index contributed by atoms with van der Waals surface area (Å²) < 4.78 is 14.1. The van der Waals surface area contributed by atoms with Gasteiger partial charge in [0.1, 0.15) is 12.4 Å². The second-order valence-corrected chi connectivity index (χ2v) is 9.37. The highest BCUT2D eigenvalue weighted by Crippen LogP contribution is 2.25. The molecule has 3 rings (SSSR count). The molecule has 0 bridgehead atoms. The highest BCUT2D eigenvalue weighted by molar-refractivity contribution is 5.43. The Kier molecular flexibility index (Phi) is 9.64. The summed E-state index contributed by atoms with van der Waals surface area (Å²) in [6.45, 7) is 9.72. The van der Waals surface area contributed by atoms with E-state index in [0.29, 0.717) is 39.1 Å². The van der Waals surface area contributed by atoms with Gasteiger partial charge in [-0.1, -0.05) is 0 Å². The van der Waals surface area contributed by atoms with Crippen molar-refractivity contribution in [2.75, 3.05) is 37.8 Å². The Morgan fingerprint density at radius 2 is 1.49 bits per heavy atom. The Labute approximate surface area is 216 Å². The first kappa shape index (κ1) is 28.6. The number of hydrogen-bond acceptors (Lipinski definition) is 10. The van der Waals surface area contributed by atoms with E-state index in [-0.39, 0.29) is 35.0 Å². The van der Waals surface area contributed by atoms with Gasteiger partial charge in [0.25, 0.3) is 6.33 Å². The van der Waals surface area contributed by atoms with Crippen molar-refractivity contribution in [3.05, 3.63) is 42.5 Å². The minimum atomic E-state index is -1.80. The molecule has 0 saturated heterocycles. The van der Waals surface area contributed by atoms with E-state index in [1.165, 1.54) is 27.9 Å². The Hall–Kier alpha value is -3.01. The molecular weight excluding hydrogens is 480 g/mol. The predicted octanol–water partition coefficient (Wildman–Crippen LogP) is -0.503. The van der Waals surface area contributed by atoms with Crippen molar-refractivity contribution in [1.82, 2.24) is 35.6 Å².